The van der Waals surface area contributed by atoms with E-state index < -0.39 is 0 Å². The lowest BCUT2D eigenvalue weighted by atomic mass is 10.2. The topological polar surface area (TPSA) is 38.3 Å². The third-order valence-corrected chi connectivity index (χ3v) is 2.96. The lowest BCUT2D eigenvalue weighted by Gasteiger charge is -2.13. The highest BCUT2D eigenvalue weighted by Gasteiger charge is 2.29. The molecule has 0 aliphatic heterocycles. The van der Waals surface area contributed by atoms with Gasteiger partial charge in [-0.05, 0) is 38.3 Å². The van der Waals surface area contributed by atoms with Crippen LogP contribution in [-0.4, -0.2) is 12.0 Å². The summed E-state index contributed by atoms with van der Waals surface area (Å²) in [6.07, 6.45) is 3.21. The first-order valence-corrected chi connectivity index (χ1v) is 6.26. The second-order valence-corrected chi connectivity index (χ2v) is 4.63. The average molecular weight is 233 g/mol. The Morgan fingerprint density at radius 2 is 2.29 bits per heavy atom. The molecule has 1 fully saturated rings. The van der Waals surface area contributed by atoms with E-state index in [1.807, 2.05) is 31.2 Å². The molecule has 0 radical (unpaired) electrons. The summed E-state index contributed by atoms with van der Waals surface area (Å²) in [7, 11) is 0. The van der Waals surface area contributed by atoms with Gasteiger partial charge in [-0.15, -0.1) is 0 Å². The molecule has 0 saturated heterocycles. The van der Waals surface area contributed by atoms with E-state index in [2.05, 4.69) is 12.2 Å². The van der Waals surface area contributed by atoms with Gasteiger partial charge in [-0.1, -0.05) is 13.0 Å². The van der Waals surface area contributed by atoms with Crippen LogP contribution in [0.5, 0.6) is 5.75 Å². The Balaban J connectivity index is 1.97. The van der Waals surface area contributed by atoms with Crippen LogP contribution < -0.4 is 10.1 Å². The zero-order chi connectivity index (χ0) is 12.3. The highest BCUT2D eigenvalue weighted by atomic mass is 16.5. The molecule has 1 saturated carbocycles. The number of carbonyl (C=O) groups excluding carboxylic acids is 1. The summed E-state index contributed by atoms with van der Waals surface area (Å²) >= 11 is 0. The van der Waals surface area contributed by atoms with E-state index in [4.69, 9.17) is 4.74 Å². The van der Waals surface area contributed by atoms with Gasteiger partial charge in [-0.2, -0.15) is 0 Å². The number of hydrogen-bond donors (Lipinski definition) is 1. The Labute approximate surface area is 102 Å². The number of anilines is 1. The lowest BCUT2D eigenvalue weighted by molar-refractivity contribution is -0.117. The molecule has 1 aliphatic rings. The largest absolute Gasteiger partial charge is 0.491 e. The first kappa shape index (κ1) is 12.0. The van der Waals surface area contributed by atoms with Crippen molar-refractivity contribution >= 4 is 11.6 Å². The predicted molar refractivity (Wildman–Crippen MR) is 68.2 cm³/mol. The van der Waals surface area contributed by atoms with E-state index in [1.165, 1.54) is 0 Å². The van der Waals surface area contributed by atoms with Crippen molar-refractivity contribution in [1.82, 2.24) is 0 Å². The van der Waals surface area contributed by atoms with Crippen molar-refractivity contribution in [3.63, 3.8) is 0 Å². The van der Waals surface area contributed by atoms with Gasteiger partial charge in [0.2, 0.25) is 5.91 Å². The Morgan fingerprint density at radius 1 is 1.53 bits per heavy atom. The summed E-state index contributed by atoms with van der Waals surface area (Å²) in [5.74, 6) is 1.17. The van der Waals surface area contributed by atoms with Crippen LogP contribution in [0.2, 0.25) is 0 Å². The summed E-state index contributed by atoms with van der Waals surface area (Å²) < 4.78 is 5.71. The summed E-state index contributed by atoms with van der Waals surface area (Å²) in [4.78, 5) is 11.6. The Morgan fingerprint density at radius 3 is 2.94 bits per heavy atom. The zero-order valence-corrected chi connectivity index (χ0v) is 10.4. The molecule has 1 N–H and O–H groups in total. The lowest BCUT2D eigenvalue weighted by Crippen LogP contribution is -2.14. The molecule has 0 heterocycles. The van der Waals surface area contributed by atoms with Gasteiger partial charge in [0, 0.05) is 17.7 Å². The molecule has 0 bridgehead atoms. The van der Waals surface area contributed by atoms with Crippen molar-refractivity contribution in [2.75, 3.05) is 5.32 Å². The van der Waals surface area contributed by atoms with E-state index in [9.17, 15) is 4.79 Å². The van der Waals surface area contributed by atoms with Gasteiger partial charge < -0.3 is 10.1 Å². The summed E-state index contributed by atoms with van der Waals surface area (Å²) in [5, 5.41) is 2.92. The molecule has 2 rings (SSSR count). The molecule has 0 aromatic heterocycles. The van der Waals surface area contributed by atoms with Crippen molar-refractivity contribution in [3.05, 3.63) is 24.3 Å². The molecule has 92 valence electrons. The van der Waals surface area contributed by atoms with Gasteiger partial charge in [0.1, 0.15) is 5.75 Å². The highest BCUT2D eigenvalue weighted by molar-refractivity contribution is 5.94. The van der Waals surface area contributed by atoms with Crippen LogP contribution in [0.4, 0.5) is 5.69 Å². The number of benzene rings is 1. The normalized spacial score (nSPS) is 16.4. The van der Waals surface area contributed by atoms with Crippen molar-refractivity contribution in [3.8, 4) is 5.75 Å². The van der Waals surface area contributed by atoms with Crippen molar-refractivity contribution in [1.29, 1.82) is 0 Å². The first-order valence-electron chi connectivity index (χ1n) is 6.26. The van der Waals surface area contributed by atoms with Gasteiger partial charge >= 0.3 is 0 Å². The minimum Gasteiger partial charge on any atom is -0.491 e. The standard InChI is InChI=1S/C14H19NO2/c1-3-10(2)17-13-6-4-5-12(9-13)15-14(16)11-7-8-11/h4-6,9-11H,3,7-8H2,1-2H3,(H,15,16). The number of hydrogen-bond acceptors (Lipinski definition) is 2. The smallest absolute Gasteiger partial charge is 0.227 e. The second-order valence-electron chi connectivity index (χ2n) is 4.63. The molecule has 1 amide bonds. The van der Waals surface area contributed by atoms with Crippen molar-refractivity contribution < 1.29 is 9.53 Å². The first-order chi connectivity index (χ1) is 8.19. The SMILES string of the molecule is CCC(C)Oc1cccc(NC(=O)C2CC2)c1. The van der Waals surface area contributed by atoms with E-state index >= 15 is 0 Å². The van der Waals surface area contributed by atoms with Crippen LogP contribution >= 0.6 is 0 Å². The molecule has 3 heteroatoms. The van der Waals surface area contributed by atoms with E-state index in [1.54, 1.807) is 0 Å². The van der Waals surface area contributed by atoms with Gasteiger partial charge in [0.25, 0.3) is 0 Å². The fourth-order valence-electron chi connectivity index (χ4n) is 1.55. The summed E-state index contributed by atoms with van der Waals surface area (Å²) in [6, 6.07) is 7.59. The van der Waals surface area contributed by atoms with E-state index in [0.29, 0.717) is 0 Å². The zero-order valence-electron chi connectivity index (χ0n) is 10.4. The Kier molecular flexibility index (Phi) is 3.67. The molecule has 1 aliphatic carbocycles. The molecule has 3 nitrogen and oxygen atoms in total. The Hall–Kier alpha value is -1.51. The fourth-order valence-corrected chi connectivity index (χ4v) is 1.55. The van der Waals surface area contributed by atoms with Gasteiger partial charge in [-0.25, -0.2) is 0 Å². The average Bonchev–Trinajstić information content (AvgIpc) is 3.13. The molecule has 0 spiro atoms. The maximum atomic E-state index is 11.6. The van der Waals surface area contributed by atoms with Crippen LogP contribution in [0, 0.1) is 5.92 Å². The second kappa shape index (κ2) is 5.21. The van der Waals surface area contributed by atoms with Crippen molar-refractivity contribution in [2.24, 2.45) is 5.92 Å². The van der Waals surface area contributed by atoms with Crippen LogP contribution in [-0.2, 0) is 4.79 Å². The summed E-state index contributed by atoms with van der Waals surface area (Å²) in [5.41, 5.74) is 0.822. The minimum atomic E-state index is 0.130. The molecule has 1 aromatic rings. The quantitative estimate of drug-likeness (QED) is 0.848. The molecule has 1 aromatic carbocycles. The molecular formula is C14H19NO2. The van der Waals surface area contributed by atoms with Crippen LogP contribution in [0.1, 0.15) is 33.1 Å². The van der Waals surface area contributed by atoms with Crippen LogP contribution in [0.25, 0.3) is 0 Å². The molecule has 1 unspecified atom stereocenters. The summed E-state index contributed by atoms with van der Waals surface area (Å²) in [6.45, 7) is 4.12. The molecular weight excluding hydrogens is 214 g/mol. The number of amides is 1. The third kappa shape index (κ3) is 3.48. The van der Waals surface area contributed by atoms with Crippen LogP contribution in [0.15, 0.2) is 24.3 Å². The Bertz CT molecular complexity index is 399. The molecule has 1 atom stereocenters. The minimum absolute atomic E-state index is 0.130. The number of rotatable bonds is 5. The molecule has 17 heavy (non-hydrogen) atoms. The maximum absolute atomic E-state index is 11.6. The highest BCUT2D eigenvalue weighted by Crippen LogP contribution is 2.30. The van der Waals surface area contributed by atoms with Crippen LogP contribution in [0.3, 0.4) is 0 Å². The number of nitrogens with one attached hydrogen (secondary N) is 1. The number of ether oxygens (including phenoxy) is 1. The van der Waals surface area contributed by atoms with Gasteiger partial charge in [0.15, 0.2) is 0 Å². The monoisotopic (exact) mass is 233 g/mol. The third-order valence-electron chi connectivity index (χ3n) is 2.96. The van der Waals surface area contributed by atoms with E-state index in [0.717, 1.165) is 30.7 Å². The van der Waals surface area contributed by atoms with E-state index in [-0.39, 0.29) is 17.9 Å². The van der Waals surface area contributed by atoms with Gasteiger partial charge in [-0.3, -0.25) is 4.79 Å². The maximum Gasteiger partial charge on any atom is 0.227 e. The predicted octanol–water partition coefficient (Wildman–Crippen LogP) is 3.21. The van der Waals surface area contributed by atoms with Gasteiger partial charge in [0.05, 0.1) is 6.10 Å². The number of carbonyl (C=O) groups is 1. The van der Waals surface area contributed by atoms with Crippen molar-refractivity contribution in [2.45, 2.75) is 39.2 Å². The fraction of sp³-hybridized carbons (Fsp3) is 0.500.